The lowest BCUT2D eigenvalue weighted by molar-refractivity contribution is -0.252. The Balaban J connectivity index is 1.47. The lowest BCUT2D eigenvalue weighted by Crippen LogP contribution is -2.37. The molecule has 0 saturated carbocycles. The first-order valence-electron chi connectivity index (χ1n) is 13.5. The van der Waals surface area contributed by atoms with E-state index in [1.807, 2.05) is 54.6 Å². The Morgan fingerprint density at radius 3 is 2.48 bits per heavy atom. The number of nitrogens with zero attached hydrogens (tertiary/aromatic N) is 1. The lowest BCUT2D eigenvalue weighted by atomic mass is 9.99. The number of rotatable bonds is 11. The Labute approximate surface area is 235 Å². The SMILES string of the molecule is CCOC(=O)CNC(=O)Nc1cccc(C2OC(CN(C)Cc3ccccc3)CC(c3ccc(CO)cc3)O2)c1. The summed E-state index contributed by atoms with van der Waals surface area (Å²) >= 11 is 0. The average Bonchev–Trinajstić information content (AvgIpc) is 2.97. The normalized spacial score (nSPS) is 18.8. The van der Waals surface area contributed by atoms with Gasteiger partial charge in [-0.2, -0.15) is 0 Å². The minimum atomic E-state index is -0.657. The molecule has 9 nitrogen and oxygen atoms in total. The predicted molar refractivity (Wildman–Crippen MR) is 151 cm³/mol. The number of ether oxygens (including phenoxy) is 3. The maximum absolute atomic E-state index is 12.3. The van der Waals surface area contributed by atoms with E-state index in [1.54, 1.807) is 19.1 Å². The predicted octanol–water partition coefficient (Wildman–Crippen LogP) is 4.54. The smallest absolute Gasteiger partial charge is 0.325 e. The molecule has 4 rings (SSSR count). The van der Waals surface area contributed by atoms with Gasteiger partial charge in [0, 0.05) is 30.8 Å². The van der Waals surface area contributed by atoms with Crippen LogP contribution in [0.3, 0.4) is 0 Å². The van der Waals surface area contributed by atoms with Crippen LogP contribution in [0.25, 0.3) is 0 Å². The van der Waals surface area contributed by atoms with Crippen molar-refractivity contribution in [2.45, 2.75) is 45.0 Å². The standard InChI is InChI=1S/C31H37N3O6/c1-3-38-29(36)18-32-31(37)33-26-11-7-10-25(16-26)30-39-27(20-34(2)19-22-8-5-4-6-9-22)17-28(40-30)24-14-12-23(21-35)13-15-24/h4-16,27-28,30,35H,3,17-21H2,1-2H3,(H2,32,33,37). The third-order valence-electron chi connectivity index (χ3n) is 6.54. The number of esters is 1. The Bertz CT molecular complexity index is 1240. The Hall–Kier alpha value is -3.76. The van der Waals surface area contributed by atoms with Crippen molar-refractivity contribution < 1.29 is 28.9 Å². The third-order valence-corrected chi connectivity index (χ3v) is 6.54. The lowest BCUT2D eigenvalue weighted by Gasteiger charge is -2.38. The first kappa shape index (κ1) is 29.2. The average molecular weight is 548 g/mol. The molecule has 0 aliphatic carbocycles. The second kappa shape index (κ2) is 14.6. The van der Waals surface area contributed by atoms with Crippen molar-refractivity contribution in [3.63, 3.8) is 0 Å². The molecule has 1 aliphatic rings. The molecular weight excluding hydrogens is 510 g/mol. The molecule has 1 fully saturated rings. The van der Waals surface area contributed by atoms with Gasteiger partial charge in [0.15, 0.2) is 6.29 Å². The number of anilines is 1. The monoisotopic (exact) mass is 547 g/mol. The number of aliphatic hydroxyl groups excluding tert-OH is 1. The fraction of sp³-hybridized carbons (Fsp3) is 0.355. The Morgan fingerprint density at radius 1 is 0.975 bits per heavy atom. The topological polar surface area (TPSA) is 109 Å². The van der Waals surface area contributed by atoms with Crippen LogP contribution in [-0.4, -0.2) is 54.9 Å². The van der Waals surface area contributed by atoms with Crippen LogP contribution in [0.2, 0.25) is 0 Å². The minimum absolute atomic E-state index is 0.0163. The molecule has 40 heavy (non-hydrogen) atoms. The van der Waals surface area contributed by atoms with E-state index >= 15 is 0 Å². The molecule has 0 aromatic heterocycles. The highest BCUT2D eigenvalue weighted by Gasteiger charge is 2.33. The van der Waals surface area contributed by atoms with Crippen molar-refractivity contribution in [2.24, 2.45) is 0 Å². The molecule has 0 radical (unpaired) electrons. The summed E-state index contributed by atoms with van der Waals surface area (Å²) in [4.78, 5) is 26.1. The van der Waals surface area contributed by atoms with E-state index in [-0.39, 0.29) is 32.0 Å². The second-order valence-electron chi connectivity index (χ2n) is 9.77. The van der Waals surface area contributed by atoms with Crippen LogP contribution in [0.4, 0.5) is 10.5 Å². The zero-order valence-corrected chi connectivity index (χ0v) is 22.9. The zero-order valence-electron chi connectivity index (χ0n) is 22.9. The summed E-state index contributed by atoms with van der Waals surface area (Å²) in [5.74, 6) is -0.503. The number of hydrogen-bond acceptors (Lipinski definition) is 7. The van der Waals surface area contributed by atoms with Crippen LogP contribution < -0.4 is 10.6 Å². The fourth-order valence-electron chi connectivity index (χ4n) is 4.64. The summed E-state index contributed by atoms with van der Waals surface area (Å²) in [6, 6.07) is 24.8. The van der Waals surface area contributed by atoms with Gasteiger partial charge in [0.05, 0.1) is 25.4 Å². The molecule has 3 N–H and O–H groups in total. The van der Waals surface area contributed by atoms with Crippen molar-refractivity contribution in [3.8, 4) is 0 Å². The number of benzene rings is 3. The van der Waals surface area contributed by atoms with E-state index in [0.29, 0.717) is 18.7 Å². The van der Waals surface area contributed by atoms with Gasteiger partial charge in [-0.05, 0) is 42.8 Å². The highest BCUT2D eigenvalue weighted by molar-refractivity contribution is 5.91. The van der Waals surface area contributed by atoms with Gasteiger partial charge in [0.1, 0.15) is 6.54 Å². The minimum Gasteiger partial charge on any atom is -0.465 e. The van der Waals surface area contributed by atoms with Gasteiger partial charge in [-0.1, -0.05) is 66.7 Å². The molecule has 212 valence electrons. The molecule has 3 aromatic rings. The van der Waals surface area contributed by atoms with Gasteiger partial charge in [-0.15, -0.1) is 0 Å². The first-order valence-corrected chi connectivity index (χ1v) is 13.5. The van der Waals surface area contributed by atoms with Gasteiger partial charge in [0.25, 0.3) is 0 Å². The van der Waals surface area contributed by atoms with Gasteiger partial charge in [-0.25, -0.2) is 4.79 Å². The number of aliphatic hydroxyl groups is 1. The molecule has 3 aromatic carbocycles. The van der Waals surface area contributed by atoms with Crippen LogP contribution >= 0.6 is 0 Å². The molecule has 9 heteroatoms. The number of nitrogens with one attached hydrogen (secondary N) is 2. The van der Waals surface area contributed by atoms with Crippen molar-refractivity contribution in [2.75, 3.05) is 32.1 Å². The van der Waals surface area contributed by atoms with Crippen molar-refractivity contribution in [3.05, 3.63) is 101 Å². The maximum Gasteiger partial charge on any atom is 0.325 e. The summed E-state index contributed by atoms with van der Waals surface area (Å²) < 4.78 is 17.7. The number of hydrogen-bond donors (Lipinski definition) is 3. The van der Waals surface area contributed by atoms with Gasteiger partial charge in [0.2, 0.25) is 0 Å². The highest BCUT2D eigenvalue weighted by Crippen LogP contribution is 2.38. The Morgan fingerprint density at radius 2 is 1.75 bits per heavy atom. The van der Waals surface area contributed by atoms with Crippen LogP contribution in [0.5, 0.6) is 0 Å². The highest BCUT2D eigenvalue weighted by atomic mass is 16.7. The van der Waals surface area contributed by atoms with E-state index in [1.165, 1.54) is 5.56 Å². The van der Waals surface area contributed by atoms with E-state index < -0.39 is 18.3 Å². The number of amides is 2. The molecule has 1 heterocycles. The summed E-state index contributed by atoms with van der Waals surface area (Å²) in [5.41, 5.74) is 4.37. The van der Waals surface area contributed by atoms with Crippen LogP contribution in [0.15, 0.2) is 78.9 Å². The fourth-order valence-corrected chi connectivity index (χ4v) is 4.64. The largest absolute Gasteiger partial charge is 0.465 e. The van der Waals surface area contributed by atoms with Gasteiger partial charge >= 0.3 is 12.0 Å². The van der Waals surface area contributed by atoms with E-state index in [2.05, 4.69) is 34.7 Å². The summed E-state index contributed by atoms with van der Waals surface area (Å²) in [6.07, 6.45) is -0.316. The molecule has 2 amide bonds. The first-order chi connectivity index (χ1) is 19.4. The van der Waals surface area contributed by atoms with Gasteiger partial charge in [-0.3, -0.25) is 9.69 Å². The molecule has 0 bridgehead atoms. The number of carbonyl (C=O) groups is 2. The summed E-state index contributed by atoms with van der Waals surface area (Å²) in [7, 11) is 2.07. The second-order valence-corrected chi connectivity index (χ2v) is 9.77. The van der Waals surface area contributed by atoms with Gasteiger partial charge < -0.3 is 30.0 Å². The zero-order chi connectivity index (χ0) is 28.3. The quantitative estimate of drug-likeness (QED) is 0.303. The van der Waals surface area contributed by atoms with Crippen LogP contribution in [0, 0.1) is 0 Å². The molecular formula is C31H37N3O6. The van der Waals surface area contributed by atoms with E-state index in [4.69, 9.17) is 14.2 Å². The van der Waals surface area contributed by atoms with Crippen LogP contribution in [0.1, 0.15) is 48.0 Å². The number of urea groups is 1. The molecule has 0 spiro atoms. The molecule has 1 saturated heterocycles. The number of likely N-dealkylation sites (N-methyl/N-ethyl adjacent to an activating group) is 1. The Kier molecular flexibility index (Phi) is 10.7. The van der Waals surface area contributed by atoms with Crippen molar-refractivity contribution in [1.29, 1.82) is 0 Å². The van der Waals surface area contributed by atoms with E-state index in [0.717, 1.165) is 23.2 Å². The van der Waals surface area contributed by atoms with Crippen LogP contribution in [-0.2, 0) is 32.2 Å². The summed E-state index contributed by atoms with van der Waals surface area (Å²) in [6.45, 7) is 3.22. The van der Waals surface area contributed by atoms with Crippen molar-refractivity contribution in [1.82, 2.24) is 10.2 Å². The molecule has 3 atom stereocenters. The molecule has 3 unspecified atom stereocenters. The third kappa shape index (κ3) is 8.62. The van der Waals surface area contributed by atoms with E-state index in [9.17, 15) is 14.7 Å². The summed E-state index contributed by atoms with van der Waals surface area (Å²) in [5, 5.41) is 14.7. The van der Waals surface area contributed by atoms with Crippen molar-refractivity contribution >= 4 is 17.7 Å². The maximum atomic E-state index is 12.3. The molecule has 1 aliphatic heterocycles. The number of carbonyl (C=O) groups excluding carboxylic acids is 2.